The van der Waals surface area contributed by atoms with Crippen molar-refractivity contribution in [2.24, 2.45) is 0 Å². The van der Waals surface area contributed by atoms with E-state index in [0.29, 0.717) is 0 Å². The second-order valence-electron chi connectivity index (χ2n) is 3.92. The van der Waals surface area contributed by atoms with Crippen LogP contribution in [0, 0.1) is 6.42 Å². The lowest BCUT2D eigenvalue weighted by molar-refractivity contribution is 0.785. The van der Waals surface area contributed by atoms with Crippen LogP contribution in [0.15, 0.2) is 18.2 Å². The summed E-state index contributed by atoms with van der Waals surface area (Å²) < 4.78 is 0. The minimum atomic E-state index is 1.02. The monoisotopic (exact) mass is 188 g/mol. The molecule has 0 aromatic heterocycles. The van der Waals surface area contributed by atoms with Gasteiger partial charge in [-0.05, 0) is 42.9 Å². The van der Waals surface area contributed by atoms with E-state index in [1.807, 2.05) is 0 Å². The molecule has 1 aromatic carbocycles. The quantitative estimate of drug-likeness (QED) is 0.768. The molecule has 0 bridgehead atoms. The summed E-state index contributed by atoms with van der Waals surface area (Å²) in [7, 11) is 0. The molecule has 2 rings (SSSR count). The number of fused-ring (bicyclic) bond motifs is 1. The standard InChI is InChI=1S/C13H18N/c1-2-3-6-11-7-4-9-13-12(11)8-5-10-14-13/h4-5,7,9,14H,2-3,6,8,10H2,1H3. The smallest absolute Gasteiger partial charge is 0.0375 e. The number of unbranched alkanes of at least 4 members (excludes halogenated alkanes) is 1. The highest BCUT2D eigenvalue weighted by molar-refractivity contribution is 5.57. The van der Waals surface area contributed by atoms with E-state index < -0.39 is 0 Å². The Hall–Kier alpha value is -0.980. The number of rotatable bonds is 3. The van der Waals surface area contributed by atoms with Crippen LogP contribution < -0.4 is 5.32 Å². The Morgan fingerprint density at radius 1 is 1.36 bits per heavy atom. The summed E-state index contributed by atoms with van der Waals surface area (Å²) in [6, 6.07) is 6.63. The summed E-state index contributed by atoms with van der Waals surface area (Å²) >= 11 is 0. The van der Waals surface area contributed by atoms with Crippen LogP contribution in [0.25, 0.3) is 0 Å². The van der Waals surface area contributed by atoms with Crippen molar-refractivity contribution in [2.45, 2.75) is 32.6 Å². The number of nitrogens with one attached hydrogen (secondary N) is 1. The number of benzene rings is 1. The first-order valence-corrected chi connectivity index (χ1v) is 5.58. The molecule has 0 atom stereocenters. The Bertz CT molecular complexity index is 304. The van der Waals surface area contributed by atoms with Crippen molar-refractivity contribution in [3.63, 3.8) is 0 Å². The zero-order valence-corrected chi connectivity index (χ0v) is 8.84. The second kappa shape index (κ2) is 4.50. The predicted molar refractivity (Wildman–Crippen MR) is 61.5 cm³/mol. The molecule has 0 fully saturated rings. The predicted octanol–water partition coefficient (Wildman–Crippen LogP) is 3.20. The summed E-state index contributed by atoms with van der Waals surface area (Å²) in [5.41, 5.74) is 4.40. The van der Waals surface area contributed by atoms with E-state index in [9.17, 15) is 0 Å². The van der Waals surface area contributed by atoms with E-state index in [-0.39, 0.29) is 0 Å². The zero-order chi connectivity index (χ0) is 9.80. The Kier molecular flexibility index (Phi) is 3.07. The molecule has 14 heavy (non-hydrogen) atoms. The van der Waals surface area contributed by atoms with Gasteiger partial charge in [0.25, 0.3) is 0 Å². The number of anilines is 1. The van der Waals surface area contributed by atoms with Crippen molar-refractivity contribution >= 4 is 5.69 Å². The minimum Gasteiger partial charge on any atom is -0.385 e. The van der Waals surface area contributed by atoms with Gasteiger partial charge in [-0.3, -0.25) is 0 Å². The van der Waals surface area contributed by atoms with Gasteiger partial charge in [0.2, 0.25) is 0 Å². The topological polar surface area (TPSA) is 12.0 Å². The number of hydrogen-bond acceptors (Lipinski definition) is 1. The molecule has 1 N–H and O–H groups in total. The SMILES string of the molecule is CCCCc1cccc2c1C[CH]CN2. The molecule has 0 spiro atoms. The van der Waals surface area contributed by atoms with Crippen LogP contribution in [0.4, 0.5) is 5.69 Å². The summed E-state index contributed by atoms with van der Waals surface area (Å²) in [5, 5.41) is 3.42. The van der Waals surface area contributed by atoms with Crippen molar-refractivity contribution in [3.8, 4) is 0 Å². The molecule has 1 heterocycles. The fourth-order valence-corrected chi connectivity index (χ4v) is 2.04. The summed E-state index contributed by atoms with van der Waals surface area (Å²) in [5.74, 6) is 0. The van der Waals surface area contributed by atoms with Crippen LogP contribution >= 0.6 is 0 Å². The van der Waals surface area contributed by atoms with Gasteiger partial charge < -0.3 is 5.32 Å². The van der Waals surface area contributed by atoms with E-state index in [4.69, 9.17) is 0 Å². The third-order valence-corrected chi connectivity index (χ3v) is 2.86. The fourth-order valence-electron chi connectivity index (χ4n) is 2.04. The van der Waals surface area contributed by atoms with Crippen molar-refractivity contribution in [3.05, 3.63) is 35.7 Å². The van der Waals surface area contributed by atoms with E-state index in [1.54, 1.807) is 0 Å². The molecule has 75 valence electrons. The lowest BCUT2D eigenvalue weighted by Crippen LogP contribution is -2.14. The zero-order valence-electron chi connectivity index (χ0n) is 8.84. The van der Waals surface area contributed by atoms with Crippen LogP contribution in [0.1, 0.15) is 30.9 Å². The minimum absolute atomic E-state index is 1.02. The Morgan fingerprint density at radius 3 is 3.14 bits per heavy atom. The maximum atomic E-state index is 3.42. The molecular formula is C13H18N. The van der Waals surface area contributed by atoms with Crippen LogP contribution in [0.2, 0.25) is 0 Å². The molecule has 0 saturated heterocycles. The highest BCUT2D eigenvalue weighted by Crippen LogP contribution is 2.25. The molecule has 1 aliphatic heterocycles. The van der Waals surface area contributed by atoms with E-state index in [0.717, 1.165) is 13.0 Å². The average Bonchev–Trinajstić information content (AvgIpc) is 2.26. The fraction of sp³-hybridized carbons (Fsp3) is 0.462. The van der Waals surface area contributed by atoms with Crippen LogP contribution in [0.5, 0.6) is 0 Å². The van der Waals surface area contributed by atoms with Gasteiger partial charge in [-0.1, -0.05) is 25.5 Å². The number of aryl methyl sites for hydroxylation is 1. The van der Waals surface area contributed by atoms with E-state index in [1.165, 1.54) is 36.1 Å². The van der Waals surface area contributed by atoms with Gasteiger partial charge in [0, 0.05) is 12.2 Å². The summed E-state index contributed by atoms with van der Waals surface area (Å²) in [4.78, 5) is 0. The summed E-state index contributed by atoms with van der Waals surface area (Å²) in [6.45, 7) is 3.27. The Morgan fingerprint density at radius 2 is 2.29 bits per heavy atom. The normalized spacial score (nSPS) is 14.6. The van der Waals surface area contributed by atoms with Crippen molar-refractivity contribution in [2.75, 3.05) is 11.9 Å². The van der Waals surface area contributed by atoms with Gasteiger partial charge in [-0.15, -0.1) is 0 Å². The lowest BCUT2D eigenvalue weighted by Gasteiger charge is -2.20. The lowest BCUT2D eigenvalue weighted by atomic mass is 9.95. The largest absolute Gasteiger partial charge is 0.385 e. The highest BCUT2D eigenvalue weighted by atomic mass is 14.9. The van der Waals surface area contributed by atoms with Crippen molar-refractivity contribution < 1.29 is 0 Å². The first-order valence-electron chi connectivity index (χ1n) is 5.58. The molecule has 0 unspecified atom stereocenters. The Labute approximate surface area is 86.5 Å². The third-order valence-electron chi connectivity index (χ3n) is 2.86. The molecule has 1 nitrogen and oxygen atoms in total. The van der Waals surface area contributed by atoms with Gasteiger partial charge in [0.1, 0.15) is 0 Å². The van der Waals surface area contributed by atoms with Gasteiger partial charge in [0.05, 0.1) is 0 Å². The first kappa shape index (κ1) is 9.57. The van der Waals surface area contributed by atoms with E-state index >= 15 is 0 Å². The Balaban J connectivity index is 2.21. The molecule has 0 aliphatic carbocycles. The molecule has 0 amide bonds. The number of hydrogen-bond donors (Lipinski definition) is 1. The molecule has 1 aliphatic rings. The average molecular weight is 188 g/mol. The van der Waals surface area contributed by atoms with E-state index in [2.05, 4.69) is 36.9 Å². The molecular weight excluding hydrogens is 170 g/mol. The second-order valence-corrected chi connectivity index (χ2v) is 3.92. The van der Waals surface area contributed by atoms with Crippen molar-refractivity contribution in [1.82, 2.24) is 0 Å². The summed E-state index contributed by atoms with van der Waals surface area (Å²) in [6.07, 6.45) is 7.27. The van der Waals surface area contributed by atoms with Gasteiger partial charge in [-0.25, -0.2) is 0 Å². The molecule has 0 saturated carbocycles. The van der Waals surface area contributed by atoms with Gasteiger partial charge in [-0.2, -0.15) is 0 Å². The highest BCUT2D eigenvalue weighted by Gasteiger charge is 2.11. The van der Waals surface area contributed by atoms with Crippen LogP contribution in [0.3, 0.4) is 0 Å². The van der Waals surface area contributed by atoms with Gasteiger partial charge in [0.15, 0.2) is 0 Å². The molecule has 1 heteroatoms. The maximum Gasteiger partial charge on any atom is 0.0375 e. The van der Waals surface area contributed by atoms with Crippen LogP contribution in [-0.4, -0.2) is 6.54 Å². The van der Waals surface area contributed by atoms with Crippen molar-refractivity contribution in [1.29, 1.82) is 0 Å². The van der Waals surface area contributed by atoms with Gasteiger partial charge >= 0.3 is 0 Å². The third kappa shape index (κ3) is 1.92. The maximum absolute atomic E-state index is 3.42. The molecule has 1 aromatic rings. The van der Waals surface area contributed by atoms with Crippen LogP contribution in [-0.2, 0) is 12.8 Å². The first-order chi connectivity index (χ1) is 6.92. The molecule has 1 radical (unpaired) electrons.